The third-order valence-electron chi connectivity index (χ3n) is 5.71. The number of ketones is 1. The van der Waals surface area contributed by atoms with Crippen LogP contribution in [0.15, 0.2) is 36.4 Å². The van der Waals surface area contributed by atoms with Gasteiger partial charge in [-0.05, 0) is 42.4 Å². The van der Waals surface area contributed by atoms with E-state index in [1.54, 1.807) is 6.07 Å². The van der Waals surface area contributed by atoms with Crippen molar-refractivity contribution in [1.82, 2.24) is 0 Å². The molecule has 0 saturated heterocycles. The largest absolute Gasteiger partial charge is 0.506 e. The predicted molar refractivity (Wildman–Crippen MR) is 96.2 cm³/mol. The van der Waals surface area contributed by atoms with Crippen LogP contribution < -0.4 is 0 Å². The van der Waals surface area contributed by atoms with Crippen LogP contribution in [0.2, 0.25) is 10.0 Å². The number of carbonyl (C=O) groups excluding carboxylic acids is 1. The number of phenols is 1. The molecule has 0 heterocycles. The lowest BCUT2D eigenvalue weighted by Crippen LogP contribution is -2.40. The highest BCUT2D eigenvalue weighted by Gasteiger charge is 2.53. The molecule has 4 heteroatoms. The maximum absolute atomic E-state index is 13.6. The molecule has 1 N–H and O–H groups in total. The Hall–Kier alpha value is -1.51. The van der Waals surface area contributed by atoms with Gasteiger partial charge in [0.1, 0.15) is 10.8 Å². The van der Waals surface area contributed by atoms with E-state index in [4.69, 9.17) is 23.2 Å². The van der Waals surface area contributed by atoms with Crippen LogP contribution >= 0.6 is 23.2 Å². The highest BCUT2D eigenvalue weighted by Crippen LogP contribution is 2.53. The predicted octanol–water partition coefficient (Wildman–Crippen LogP) is 5.57. The summed E-state index contributed by atoms with van der Waals surface area (Å²) in [6, 6.07) is 11.6. The lowest BCUT2D eigenvalue weighted by atomic mass is 9.66. The van der Waals surface area contributed by atoms with Gasteiger partial charge in [-0.25, -0.2) is 0 Å². The number of phenolic OH excluding ortho intramolecular Hbond substituents is 1. The van der Waals surface area contributed by atoms with Gasteiger partial charge in [-0.2, -0.15) is 0 Å². The first kappa shape index (κ1) is 16.0. The van der Waals surface area contributed by atoms with E-state index in [0.717, 1.165) is 36.8 Å². The summed E-state index contributed by atoms with van der Waals surface area (Å²) in [5.74, 6) is 0.308. The lowest BCUT2D eigenvalue weighted by molar-refractivity contribution is 0.0841. The minimum absolute atomic E-state index is 0.0523. The first-order valence-corrected chi connectivity index (χ1v) is 9.11. The molecule has 0 amide bonds. The molecule has 0 radical (unpaired) electrons. The Bertz CT molecular complexity index is 810. The molecule has 1 saturated carbocycles. The van der Waals surface area contributed by atoms with Gasteiger partial charge in [0.05, 0.1) is 10.4 Å². The first-order valence-electron chi connectivity index (χ1n) is 8.36. The molecule has 24 heavy (non-hydrogen) atoms. The van der Waals surface area contributed by atoms with E-state index in [1.807, 2.05) is 30.3 Å². The Morgan fingerprint density at radius 3 is 2.38 bits per heavy atom. The number of carbonyl (C=O) groups is 1. The average Bonchev–Trinajstić information content (AvgIpc) is 3.21. The molecule has 0 bridgehead atoms. The molecule has 1 fully saturated rings. The summed E-state index contributed by atoms with van der Waals surface area (Å²) in [6.45, 7) is 0. The third kappa shape index (κ3) is 2.13. The summed E-state index contributed by atoms with van der Waals surface area (Å²) in [5, 5.41) is 10.3. The average molecular weight is 361 g/mol. The summed E-state index contributed by atoms with van der Waals surface area (Å²) in [5.41, 5.74) is 1.77. The number of Topliss-reactive ketones (excluding diaryl/α,β-unsaturated/α-hetero) is 1. The Labute approximate surface area is 151 Å². The number of benzene rings is 2. The van der Waals surface area contributed by atoms with Crippen LogP contribution in [0, 0.1) is 5.92 Å². The standard InChI is InChI=1S/C20H18Cl2O2/c21-17-15(23)10-12-11-20(14-8-4-5-9-14,13-6-2-1-3-7-13)19(24)16(12)18(17)22/h1-3,6-7,10,14,23H,4-5,8-9,11H2. The topological polar surface area (TPSA) is 37.3 Å². The third-order valence-corrected chi connectivity index (χ3v) is 6.57. The summed E-state index contributed by atoms with van der Waals surface area (Å²) in [4.78, 5) is 13.6. The number of halogens is 2. The molecular weight excluding hydrogens is 343 g/mol. The molecule has 2 nitrogen and oxygen atoms in total. The van der Waals surface area contributed by atoms with E-state index in [0.29, 0.717) is 17.9 Å². The Balaban J connectivity index is 1.94. The molecule has 1 atom stereocenters. The minimum Gasteiger partial charge on any atom is -0.506 e. The smallest absolute Gasteiger partial charge is 0.175 e. The van der Waals surface area contributed by atoms with Crippen molar-refractivity contribution in [2.24, 2.45) is 5.92 Å². The van der Waals surface area contributed by atoms with Crippen LogP contribution in [-0.4, -0.2) is 10.9 Å². The fourth-order valence-electron chi connectivity index (χ4n) is 4.61. The van der Waals surface area contributed by atoms with E-state index in [-0.39, 0.29) is 21.6 Å². The molecule has 1 unspecified atom stereocenters. The second kappa shape index (κ2) is 5.79. The molecule has 0 spiro atoms. The lowest BCUT2D eigenvalue weighted by Gasteiger charge is -2.34. The highest BCUT2D eigenvalue weighted by molar-refractivity contribution is 6.45. The van der Waals surface area contributed by atoms with Gasteiger partial charge in [0.15, 0.2) is 5.78 Å². The second-order valence-corrected chi connectivity index (χ2v) is 7.64. The number of hydrogen-bond donors (Lipinski definition) is 1. The van der Waals surface area contributed by atoms with Crippen LogP contribution in [-0.2, 0) is 11.8 Å². The number of fused-ring (bicyclic) bond motifs is 1. The molecule has 124 valence electrons. The number of aromatic hydroxyl groups is 1. The normalized spacial score (nSPS) is 23.7. The Morgan fingerprint density at radius 2 is 1.71 bits per heavy atom. The molecular formula is C20H18Cl2O2. The van der Waals surface area contributed by atoms with Crippen molar-refractivity contribution in [1.29, 1.82) is 0 Å². The summed E-state index contributed by atoms with van der Waals surface area (Å²) < 4.78 is 0. The van der Waals surface area contributed by atoms with Crippen LogP contribution in [0.4, 0.5) is 0 Å². The molecule has 2 aliphatic rings. The van der Waals surface area contributed by atoms with Gasteiger partial charge in [-0.1, -0.05) is 66.4 Å². The molecule has 2 aliphatic carbocycles. The summed E-state index contributed by atoms with van der Waals surface area (Å²) in [6.07, 6.45) is 4.99. The Morgan fingerprint density at radius 1 is 1.04 bits per heavy atom. The number of hydrogen-bond acceptors (Lipinski definition) is 2. The zero-order valence-electron chi connectivity index (χ0n) is 13.2. The van der Waals surface area contributed by atoms with Crippen molar-refractivity contribution in [3.8, 4) is 5.75 Å². The van der Waals surface area contributed by atoms with Gasteiger partial charge in [-0.15, -0.1) is 0 Å². The fraction of sp³-hybridized carbons (Fsp3) is 0.350. The van der Waals surface area contributed by atoms with Crippen molar-refractivity contribution in [3.05, 3.63) is 63.1 Å². The van der Waals surface area contributed by atoms with Gasteiger partial charge in [-0.3, -0.25) is 4.79 Å². The molecule has 2 aromatic rings. The van der Waals surface area contributed by atoms with Crippen molar-refractivity contribution in [2.75, 3.05) is 0 Å². The van der Waals surface area contributed by atoms with Crippen molar-refractivity contribution < 1.29 is 9.90 Å². The van der Waals surface area contributed by atoms with Crippen LogP contribution in [0.1, 0.15) is 47.2 Å². The van der Waals surface area contributed by atoms with Crippen molar-refractivity contribution in [2.45, 2.75) is 37.5 Å². The van der Waals surface area contributed by atoms with Gasteiger partial charge >= 0.3 is 0 Å². The maximum Gasteiger partial charge on any atom is 0.175 e. The summed E-state index contributed by atoms with van der Waals surface area (Å²) in [7, 11) is 0. The van der Waals surface area contributed by atoms with E-state index in [9.17, 15) is 9.90 Å². The fourth-order valence-corrected chi connectivity index (χ4v) is 5.06. The molecule has 4 rings (SSSR count). The van der Waals surface area contributed by atoms with Crippen LogP contribution in [0.3, 0.4) is 0 Å². The van der Waals surface area contributed by atoms with E-state index < -0.39 is 5.41 Å². The van der Waals surface area contributed by atoms with E-state index in [2.05, 4.69) is 0 Å². The summed E-state index contributed by atoms with van der Waals surface area (Å²) >= 11 is 12.4. The van der Waals surface area contributed by atoms with Gasteiger partial charge in [0.2, 0.25) is 0 Å². The minimum atomic E-state index is -0.582. The van der Waals surface area contributed by atoms with Gasteiger partial charge < -0.3 is 5.11 Å². The van der Waals surface area contributed by atoms with Crippen LogP contribution in [0.5, 0.6) is 5.75 Å². The zero-order valence-corrected chi connectivity index (χ0v) is 14.7. The number of rotatable bonds is 2. The Kier molecular flexibility index (Phi) is 3.85. The zero-order chi connectivity index (χ0) is 16.9. The maximum atomic E-state index is 13.6. The highest BCUT2D eigenvalue weighted by atomic mass is 35.5. The molecule has 0 aliphatic heterocycles. The molecule has 2 aromatic carbocycles. The van der Waals surface area contributed by atoms with Gasteiger partial charge in [0.25, 0.3) is 0 Å². The van der Waals surface area contributed by atoms with E-state index in [1.165, 1.54) is 0 Å². The van der Waals surface area contributed by atoms with E-state index >= 15 is 0 Å². The second-order valence-electron chi connectivity index (χ2n) is 6.88. The first-order chi connectivity index (χ1) is 11.6. The monoisotopic (exact) mass is 360 g/mol. The van der Waals surface area contributed by atoms with Crippen molar-refractivity contribution in [3.63, 3.8) is 0 Å². The van der Waals surface area contributed by atoms with Gasteiger partial charge in [0, 0.05) is 5.56 Å². The SMILES string of the molecule is O=C1c2c(cc(O)c(Cl)c2Cl)CC1(c1ccccc1)C1CCCC1. The quantitative estimate of drug-likeness (QED) is 0.760. The van der Waals surface area contributed by atoms with Crippen LogP contribution in [0.25, 0.3) is 0 Å². The van der Waals surface area contributed by atoms with Crippen molar-refractivity contribution >= 4 is 29.0 Å². The molecule has 0 aromatic heterocycles.